The quantitative estimate of drug-likeness (QED) is 0.578. The van der Waals surface area contributed by atoms with Crippen LogP contribution in [0, 0.1) is 5.41 Å². The number of hydrogen-bond acceptors (Lipinski definition) is 5. The predicted molar refractivity (Wildman–Crippen MR) is 109 cm³/mol. The second-order valence-electron chi connectivity index (χ2n) is 7.75. The van der Waals surface area contributed by atoms with Crippen LogP contribution in [0.5, 0.6) is 5.75 Å². The van der Waals surface area contributed by atoms with Crippen molar-refractivity contribution in [2.24, 2.45) is 5.41 Å². The zero-order chi connectivity index (χ0) is 20.1. The summed E-state index contributed by atoms with van der Waals surface area (Å²) in [5.74, 6) is -1.23. The molecular weight excluding hydrogens is 478 g/mol. The zero-order valence-corrected chi connectivity index (χ0v) is 18.7. The molecule has 0 fully saturated rings. The number of dihydropyridines is 1. The summed E-state index contributed by atoms with van der Waals surface area (Å²) >= 11 is 6.78. The van der Waals surface area contributed by atoms with Crippen LogP contribution in [0.15, 0.2) is 43.6 Å². The predicted octanol–water partition coefficient (Wildman–Crippen LogP) is 4.69. The molecule has 1 aliphatic heterocycles. The molecule has 0 saturated heterocycles. The number of Topliss-reactive ketones (excluding diaryl/α,β-unsaturated/α-hetero) is 1. The minimum Gasteiger partial charge on any atom is -0.506 e. The highest BCUT2D eigenvalue weighted by Gasteiger charge is 2.44. The zero-order valence-electron chi connectivity index (χ0n) is 15.6. The van der Waals surface area contributed by atoms with Crippen LogP contribution in [-0.2, 0) is 14.3 Å². The van der Waals surface area contributed by atoms with Crippen molar-refractivity contribution in [2.75, 3.05) is 7.11 Å². The van der Waals surface area contributed by atoms with Gasteiger partial charge in [-0.05, 0) is 46.8 Å². The lowest BCUT2D eigenvalue weighted by atomic mass is 9.68. The SMILES string of the molecule is COC(=O)C1=C(C)NC2=C(C(=O)CC(C)(C)C2)[C@@H]1c1cc(Br)cc(Br)c1O. The molecule has 0 radical (unpaired) electrons. The van der Waals surface area contributed by atoms with Gasteiger partial charge in [-0.1, -0.05) is 29.8 Å². The molecule has 27 heavy (non-hydrogen) atoms. The molecular formula is C20H21Br2NO4. The average molecular weight is 499 g/mol. The number of hydrogen-bond donors (Lipinski definition) is 2. The van der Waals surface area contributed by atoms with Crippen LogP contribution in [0.2, 0.25) is 0 Å². The van der Waals surface area contributed by atoms with E-state index in [2.05, 4.69) is 37.2 Å². The number of ether oxygens (including phenoxy) is 1. The minimum absolute atomic E-state index is 0.00351. The van der Waals surface area contributed by atoms with Gasteiger partial charge in [-0.25, -0.2) is 4.79 Å². The number of benzene rings is 1. The van der Waals surface area contributed by atoms with Gasteiger partial charge in [0, 0.05) is 33.4 Å². The number of esters is 1. The third-order valence-corrected chi connectivity index (χ3v) is 6.08. The first-order valence-electron chi connectivity index (χ1n) is 8.56. The molecule has 0 saturated carbocycles. The molecule has 1 atom stereocenters. The fourth-order valence-corrected chi connectivity index (χ4v) is 5.19. The highest BCUT2D eigenvalue weighted by molar-refractivity contribution is 9.11. The molecule has 3 rings (SSSR count). The number of carbonyl (C=O) groups is 2. The highest BCUT2D eigenvalue weighted by Crippen LogP contribution is 2.50. The first-order valence-corrected chi connectivity index (χ1v) is 10.1. The van der Waals surface area contributed by atoms with E-state index in [4.69, 9.17) is 4.74 Å². The monoisotopic (exact) mass is 497 g/mol. The largest absolute Gasteiger partial charge is 0.506 e. The van der Waals surface area contributed by atoms with Crippen LogP contribution < -0.4 is 5.32 Å². The van der Waals surface area contributed by atoms with E-state index in [9.17, 15) is 14.7 Å². The number of halogens is 2. The number of nitrogens with one attached hydrogen (secondary N) is 1. The minimum atomic E-state index is -0.689. The van der Waals surface area contributed by atoms with Crippen molar-refractivity contribution in [1.82, 2.24) is 5.32 Å². The van der Waals surface area contributed by atoms with Gasteiger partial charge < -0.3 is 15.2 Å². The highest BCUT2D eigenvalue weighted by atomic mass is 79.9. The summed E-state index contributed by atoms with van der Waals surface area (Å²) in [5.41, 5.74) is 2.62. The lowest BCUT2D eigenvalue weighted by Gasteiger charge is -2.39. The van der Waals surface area contributed by atoms with Crippen molar-refractivity contribution in [3.8, 4) is 5.75 Å². The molecule has 144 valence electrons. The molecule has 1 aromatic carbocycles. The molecule has 0 bridgehead atoms. The number of aromatic hydroxyl groups is 1. The maximum atomic E-state index is 13.1. The lowest BCUT2D eigenvalue weighted by Crippen LogP contribution is -2.38. The number of allylic oxidation sites excluding steroid dienone is 3. The van der Waals surface area contributed by atoms with Crippen molar-refractivity contribution in [1.29, 1.82) is 0 Å². The van der Waals surface area contributed by atoms with Crippen molar-refractivity contribution in [2.45, 2.75) is 39.5 Å². The first kappa shape index (κ1) is 20.1. The second-order valence-corrected chi connectivity index (χ2v) is 9.52. The Morgan fingerprint density at radius 3 is 2.59 bits per heavy atom. The van der Waals surface area contributed by atoms with Crippen LogP contribution in [-0.4, -0.2) is 24.0 Å². The second kappa shape index (κ2) is 7.09. The number of methoxy groups -OCH3 is 1. The van der Waals surface area contributed by atoms with Crippen LogP contribution >= 0.6 is 31.9 Å². The Labute approximate surface area is 175 Å². The Hall–Kier alpha value is -1.60. The Morgan fingerprint density at radius 2 is 1.96 bits per heavy atom. The summed E-state index contributed by atoms with van der Waals surface area (Å²) in [6.45, 7) is 5.89. The van der Waals surface area contributed by atoms with E-state index in [-0.39, 0.29) is 16.9 Å². The molecule has 1 aromatic rings. The van der Waals surface area contributed by atoms with Gasteiger partial charge in [0.05, 0.1) is 23.1 Å². The van der Waals surface area contributed by atoms with Gasteiger partial charge in [0.15, 0.2) is 5.78 Å². The summed E-state index contributed by atoms with van der Waals surface area (Å²) in [7, 11) is 1.31. The van der Waals surface area contributed by atoms with Crippen LogP contribution in [0.3, 0.4) is 0 Å². The standard InChI is InChI=1S/C20H21Br2NO4/c1-9-15(19(26)27-4)16(11-5-10(21)6-12(22)18(11)25)17-13(23-9)7-20(2,3)8-14(17)24/h5-6,16,23,25H,7-8H2,1-4H3/t16-/m1/s1. The third kappa shape index (κ3) is 3.59. The topological polar surface area (TPSA) is 75.6 Å². The molecule has 5 nitrogen and oxygen atoms in total. The van der Waals surface area contributed by atoms with Crippen molar-refractivity contribution in [3.05, 3.63) is 49.2 Å². The van der Waals surface area contributed by atoms with E-state index in [0.29, 0.717) is 39.7 Å². The van der Waals surface area contributed by atoms with E-state index in [1.807, 2.05) is 13.8 Å². The molecule has 1 aliphatic carbocycles. The lowest BCUT2D eigenvalue weighted by molar-refractivity contribution is -0.136. The number of carbonyl (C=O) groups excluding carboxylic acids is 2. The fourth-order valence-electron chi connectivity index (χ4n) is 3.93. The Kier molecular flexibility index (Phi) is 5.29. The molecule has 0 aromatic heterocycles. The van der Waals surface area contributed by atoms with Crippen LogP contribution in [0.25, 0.3) is 0 Å². The summed E-state index contributed by atoms with van der Waals surface area (Å²) in [6, 6.07) is 3.46. The van der Waals surface area contributed by atoms with Crippen molar-refractivity contribution in [3.63, 3.8) is 0 Å². The van der Waals surface area contributed by atoms with Crippen LogP contribution in [0.1, 0.15) is 45.1 Å². The van der Waals surface area contributed by atoms with Gasteiger partial charge in [0.2, 0.25) is 0 Å². The summed E-state index contributed by atoms with van der Waals surface area (Å²) < 4.78 is 6.21. The van der Waals surface area contributed by atoms with Gasteiger partial charge in [-0.3, -0.25) is 4.79 Å². The number of ketones is 1. The third-order valence-electron chi connectivity index (χ3n) is 5.01. The van der Waals surface area contributed by atoms with Gasteiger partial charge in [-0.15, -0.1) is 0 Å². The molecule has 2 N–H and O–H groups in total. The maximum absolute atomic E-state index is 13.1. The Bertz CT molecular complexity index is 915. The number of rotatable bonds is 2. The van der Waals surface area contributed by atoms with Gasteiger partial charge in [0.25, 0.3) is 0 Å². The molecule has 0 spiro atoms. The summed E-state index contributed by atoms with van der Waals surface area (Å²) in [4.78, 5) is 25.7. The van der Waals surface area contributed by atoms with Gasteiger partial charge >= 0.3 is 5.97 Å². The number of phenols is 1. The van der Waals surface area contributed by atoms with Gasteiger partial charge in [0.1, 0.15) is 5.75 Å². The molecule has 2 aliphatic rings. The Balaban J connectivity index is 2.30. The van der Waals surface area contributed by atoms with E-state index in [1.54, 1.807) is 19.1 Å². The van der Waals surface area contributed by atoms with Crippen molar-refractivity contribution < 1.29 is 19.4 Å². The molecule has 0 amide bonds. The van der Waals surface area contributed by atoms with E-state index >= 15 is 0 Å². The van der Waals surface area contributed by atoms with Crippen molar-refractivity contribution >= 4 is 43.6 Å². The van der Waals surface area contributed by atoms with Gasteiger partial charge in [-0.2, -0.15) is 0 Å². The summed E-state index contributed by atoms with van der Waals surface area (Å²) in [6.07, 6.45) is 1.07. The van der Waals surface area contributed by atoms with E-state index in [1.165, 1.54) is 7.11 Å². The smallest absolute Gasteiger partial charge is 0.336 e. The molecule has 0 unspecified atom stereocenters. The maximum Gasteiger partial charge on any atom is 0.336 e. The molecule has 1 heterocycles. The molecule has 7 heteroatoms. The fraction of sp³-hybridized carbons (Fsp3) is 0.400. The average Bonchev–Trinajstić information content (AvgIpc) is 2.55. The Morgan fingerprint density at radius 1 is 1.30 bits per heavy atom. The first-order chi connectivity index (χ1) is 12.6. The number of phenolic OH excluding ortho intramolecular Hbond substituents is 1. The summed E-state index contributed by atoms with van der Waals surface area (Å²) in [5, 5.41) is 14.0. The normalized spacial score (nSPS) is 21.7. The van der Waals surface area contributed by atoms with E-state index in [0.717, 1.165) is 10.2 Å². The van der Waals surface area contributed by atoms with E-state index < -0.39 is 11.9 Å². The van der Waals surface area contributed by atoms with Crippen LogP contribution in [0.4, 0.5) is 0 Å².